The molecule has 1 aromatic heterocycles. The minimum absolute atomic E-state index is 0.176. The second kappa shape index (κ2) is 11.9. The van der Waals surface area contributed by atoms with Gasteiger partial charge in [0, 0.05) is 33.0 Å². The molecule has 10 aromatic rings. The summed E-state index contributed by atoms with van der Waals surface area (Å²) in [5.74, 6) is 0. The van der Waals surface area contributed by atoms with Crippen molar-refractivity contribution in [1.29, 1.82) is 0 Å². The normalized spacial score (nSPS) is 15.7. The van der Waals surface area contributed by atoms with E-state index in [-0.39, 0.29) is 10.8 Å². The van der Waals surface area contributed by atoms with Crippen LogP contribution >= 0.6 is 0 Å². The van der Waals surface area contributed by atoms with Crippen LogP contribution in [0.3, 0.4) is 0 Å². The average Bonchev–Trinajstić information content (AvgIpc) is 4.06. The highest BCUT2D eigenvalue weighted by Crippen LogP contribution is 2.66. The van der Waals surface area contributed by atoms with E-state index in [2.05, 4.69) is 221 Å². The van der Waals surface area contributed by atoms with Gasteiger partial charge >= 0.3 is 0 Å². The van der Waals surface area contributed by atoms with E-state index in [0.29, 0.717) is 0 Å². The molecule has 0 bridgehead atoms. The molecule has 298 valence electrons. The van der Waals surface area contributed by atoms with Crippen molar-refractivity contribution in [1.82, 2.24) is 0 Å². The Balaban J connectivity index is 1.13. The SMILES string of the molecule is CC1(C)c2ccccc2-c2ccc(N(c3ccc4c(c3)C(C)(C)c3ccccc3-4)c3cc4c(c5c3oc3ccccc35)-c3ccccc3C43c4ccccc4-c4ccccc43)cc21. The van der Waals surface area contributed by atoms with Crippen LogP contribution in [-0.2, 0) is 16.2 Å². The van der Waals surface area contributed by atoms with Crippen LogP contribution in [0.2, 0.25) is 0 Å². The molecule has 2 nitrogen and oxygen atoms in total. The first-order valence-electron chi connectivity index (χ1n) is 22.3. The quantitative estimate of drug-likeness (QED) is 0.177. The molecule has 4 aliphatic carbocycles. The number of fused-ring (bicyclic) bond motifs is 20. The summed E-state index contributed by atoms with van der Waals surface area (Å²) in [5, 5.41) is 2.30. The zero-order chi connectivity index (χ0) is 42.0. The Morgan fingerprint density at radius 2 is 0.778 bits per heavy atom. The van der Waals surface area contributed by atoms with Gasteiger partial charge in [0.25, 0.3) is 0 Å². The van der Waals surface area contributed by atoms with E-state index in [4.69, 9.17) is 4.42 Å². The lowest BCUT2D eigenvalue weighted by Crippen LogP contribution is -2.26. The van der Waals surface area contributed by atoms with Crippen LogP contribution in [-0.4, -0.2) is 0 Å². The molecule has 0 amide bonds. The summed E-state index contributed by atoms with van der Waals surface area (Å²) in [7, 11) is 0. The second-order valence-corrected chi connectivity index (χ2v) is 19.1. The first-order valence-corrected chi connectivity index (χ1v) is 22.3. The van der Waals surface area contributed by atoms with Crippen LogP contribution in [0.4, 0.5) is 17.1 Å². The topological polar surface area (TPSA) is 16.4 Å². The first-order chi connectivity index (χ1) is 30.8. The predicted octanol–water partition coefficient (Wildman–Crippen LogP) is 16.0. The Morgan fingerprint density at radius 1 is 0.365 bits per heavy atom. The van der Waals surface area contributed by atoms with E-state index in [1.165, 1.54) is 89.0 Å². The number of rotatable bonds is 3. The molecule has 0 aliphatic heterocycles. The van der Waals surface area contributed by atoms with Crippen molar-refractivity contribution >= 4 is 39.0 Å². The van der Waals surface area contributed by atoms with Crippen LogP contribution in [0.25, 0.3) is 66.4 Å². The molecular formula is C61H43NO. The first kappa shape index (κ1) is 35.2. The summed E-state index contributed by atoms with van der Waals surface area (Å²) in [6.07, 6.45) is 0. The van der Waals surface area contributed by atoms with Gasteiger partial charge in [-0.25, -0.2) is 0 Å². The fourth-order valence-electron chi connectivity index (χ4n) is 12.7. The van der Waals surface area contributed by atoms with Crippen molar-refractivity contribution in [2.45, 2.75) is 43.9 Å². The van der Waals surface area contributed by atoms with Gasteiger partial charge in [-0.05, 0) is 125 Å². The largest absolute Gasteiger partial charge is 0.454 e. The van der Waals surface area contributed by atoms with Gasteiger partial charge in [0.1, 0.15) is 5.58 Å². The smallest absolute Gasteiger partial charge is 0.160 e. The minimum atomic E-state index is -0.533. The van der Waals surface area contributed by atoms with Crippen LogP contribution in [0, 0.1) is 0 Å². The van der Waals surface area contributed by atoms with Crippen molar-refractivity contribution in [3.05, 3.63) is 233 Å². The lowest BCUT2D eigenvalue weighted by Gasteiger charge is -2.33. The van der Waals surface area contributed by atoms with E-state index in [0.717, 1.165) is 39.0 Å². The van der Waals surface area contributed by atoms with Crippen molar-refractivity contribution in [3.8, 4) is 44.5 Å². The van der Waals surface area contributed by atoms with Crippen molar-refractivity contribution in [2.75, 3.05) is 4.90 Å². The number of para-hydroxylation sites is 1. The van der Waals surface area contributed by atoms with Gasteiger partial charge in [0.15, 0.2) is 5.58 Å². The van der Waals surface area contributed by atoms with Gasteiger partial charge in [-0.3, -0.25) is 0 Å². The van der Waals surface area contributed by atoms with Crippen molar-refractivity contribution in [3.63, 3.8) is 0 Å². The summed E-state index contributed by atoms with van der Waals surface area (Å²) in [6.45, 7) is 9.51. The highest BCUT2D eigenvalue weighted by atomic mass is 16.3. The molecule has 14 rings (SSSR count). The molecule has 4 aliphatic rings. The molecule has 0 saturated carbocycles. The molecule has 2 heteroatoms. The van der Waals surface area contributed by atoms with Crippen LogP contribution in [0.1, 0.15) is 72.2 Å². The Bertz CT molecular complexity index is 3500. The van der Waals surface area contributed by atoms with E-state index in [9.17, 15) is 0 Å². The maximum atomic E-state index is 7.26. The van der Waals surface area contributed by atoms with Gasteiger partial charge in [-0.15, -0.1) is 0 Å². The second-order valence-electron chi connectivity index (χ2n) is 19.1. The fourth-order valence-corrected chi connectivity index (χ4v) is 12.7. The maximum absolute atomic E-state index is 7.26. The molecule has 1 spiro atoms. The van der Waals surface area contributed by atoms with Gasteiger partial charge in [0.05, 0.1) is 11.1 Å². The monoisotopic (exact) mass is 805 g/mol. The average molecular weight is 806 g/mol. The van der Waals surface area contributed by atoms with Crippen molar-refractivity contribution < 1.29 is 4.42 Å². The number of anilines is 3. The molecule has 0 atom stereocenters. The number of furan rings is 1. The minimum Gasteiger partial charge on any atom is -0.454 e. The number of hydrogen-bond donors (Lipinski definition) is 0. The van der Waals surface area contributed by atoms with Gasteiger partial charge in [-0.2, -0.15) is 0 Å². The Hall–Kier alpha value is -7.42. The van der Waals surface area contributed by atoms with Gasteiger partial charge < -0.3 is 9.32 Å². The molecule has 0 unspecified atom stereocenters. The number of benzene rings is 9. The van der Waals surface area contributed by atoms with E-state index >= 15 is 0 Å². The molecule has 0 saturated heterocycles. The summed E-state index contributed by atoms with van der Waals surface area (Å²) in [5.41, 5.74) is 25.2. The Kier molecular flexibility index (Phi) is 6.67. The molecule has 1 heterocycles. The number of hydrogen-bond acceptors (Lipinski definition) is 2. The maximum Gasteiger partial charge on any atom is 0.160 e. The van der Waals surface area contributed by atoms with Crippen LogP contribution in [0.5, 0.6) is 0 Å². The summed E-state index contributed by atoms with van der Waals surface area (Å²) in [6, 6.07) is 70.7. The van der Waals surface area contributed by atoms with E-state index in [1.54, 1.807) is 0 Å². The zero-order valence-electron chi connectivity index (χ0n) is 35.8. The van der Waals surface area contributed by atoms with Crippen LogP contribution < -0.4 is 4.90 Å². The lowest BCUT2D eigenvalue weighted by molar-refractivity contribution is 0.659. The Labute approximate surface area is 367 Å². The highest BCUT2D eigenvalue weighted by Gasteiger charge is 2.53. The van der Waals surface area contributed by atoms with Gasteiger partial charge in [0.2, 0.25) is 0 Å². The third-order valence-corrected chi connectivity index (χ3v) is 15.5. The van der Waals surface area contributed by atoms with E-state index in [1.807, 2.05) is 0 Å². The molecular weight excluding hydrogens is 763 g/mol. The molecule has 63 heavy (non-hydrogen) atoms. The fraction of sp³-hybridized carbons (Fsp3) is 0.115. The molecule has 0 radical (unpaired) electrons. The summed E-state index contributed by atoms with van der Waals surface area (Å²) in [4.78, 5) is 2.52. The molecule has 0 N–H and O–H groups in total. The van der Waals surface area contributed by atoms with Crippen molar-refractivity contribution in [2.24, 2.45) is 0 Å². The Morgan fingerprint density at radius 3 is 1.32 bits per heavy atom. The third-order valence-electron chi connectivity index (χ3n) is 15.5. The summed E-state index contributed by atoms with van der Waals surface area (Å²) >= 11 is 0. The standard InChI is InChI=1S/C61H43NO/c1-59(2)46-23-11-5-17-38(46)42-31-29-36(33-51(42)59)62(37-30-32-43-39-18-6-12-24-47(39)60(3,4)52(43)34-37)54-35-53-56(57-45-22-10-16-28-55(45)63-58(54)57)44-21-9-15-27-50(44)61(53)48-25-13-7-19-40(48)41-20-8-14-26-49(41)61/h5-35H,1-4H3. The van der Waals surface area contributed by atoms with E-state index < -0.39 is 5.41 Å². The summed E-state index contributed by atoms with van der Waals surface area (Å²) < 4.78 is 7.26. The molecule has 0 fully saturated rings. The molecule has 9 aromatic carbocycles. The highest BCUT2D eigenvalue weighted by molar-refractivity contribution is 6.20. The third kappa shape index (κ3) is 4.24. The zero-order valence-corrected chi connectivity index (χ0v) is 35.8. The lowest BCUT2D eigenvalue weighted by atomic mass is 9.70. The number of nitrogens with zero attached hydrogens (tertiary/aromatic N) is 1. The predicted molar refractivity (Wildman–Crippen MR) is 260 cm³/mol. The van der Waals surface area contributed by atoms with Gasteiger partial charge in [-0.1, -0.05) is 179 Å². The van der Waals surface area contributed by atoms with Crippen LogP contribution in [0.15, 0.2) is 192 Å².